The Morgan fingerprint density at radius 2 is 2.23 bits per heavy atom. The molecule has 0 bridgehead atoms. The Balaban J connectivity index is 1.91. The maximum Gasteiger partial charge on any atom is 0.302 e. The summed E-state index contributed by atoms with van der Waals surface area (Å²) in [6, 6.07) is 0. The predicted octanol–water partition coefficient (Wildman–Crippen LogP) is 3.51. The van der Waals surface area contributed by atoms with Gasteiger partial charge >= 0.3 is 5.91 Å². The van der Waals surface area contributed by atoms with Gasteiger partial charge in [0.2, 0.25) is 0 Å². The molecule has 0 N–H and O–H groups in total. The summed E-state index contributed by atoms with van der Waals surface area (Å²) in [6.07, 6.45) is 11.4. The molecule has 1 aromatic rings. The van der Waals surface area contributed by atoms with Crippen LogP contribution in [-0.2, 0) is 4.79 Å². The standard InChI is InChI=1S/C18H16N4O3S/c23-17(22-25)18(8-3-9-18)26-16-15(11-19-12-20-16)14-5-2-1-4-13(6-7-14)10-21-24/h5-7,11-13H,2-3,8-10H2/b7-6-,14-5+. The Morgan fingerprint density at radius 1 is 1.38 bits per heavy atom. The molecule has 3 rings (SSSR count). The van der Waals surface area contributed by atoms with E-state index in [4.69, 9.17) is 0 Å². The highest BCUT2D eigenvalue weighted by Gasteiger charge is 2.47. The number of carbonyl (C=O) groups is 1. The number of thioether (sulfide) groups is 1. The maximum atomic E-state index is 12.0. The van der Waals surface area contributed by atoms with Crippen LogP contribution in [0.2, 0.25) is 0 Å². The predicted molar refractivity (Wildman–Crippen MR) is 98.9 cm³/mol. The number of hydrogen-bond donors (Lipinski definition) is 0. The van der Waals surface area contributed by atoms with Crippen LogP contribution in [0.1, 0.15) is 31.2 Å². The third-order valence-electron chi connectivity index (χ3n) is 4.40. The first kappa shape index (κ1) is 18.1. The van der Waals surface area contributed by atoms with Gasteiger partial charge in [-0.3, -0.25) is 4.79 Å². The van der Waals surface area contributed by atoms with Crippen molar-refractivity contribution in [1.82, 2.24) is 9.97 Å². The Labute approximate surface area is 154 Å². The number of hydrogen-bond acceptors (Lipinski definition) is 7. The quantitative estimate of drug-likeness (QED) is 0.432. The lowest BCUT2D eigenvalue weighted by atomic mass is 9.84. The molecule has 2 aliphatic rings. The van der Waals surface area contributed by atoms with E-state index < -0.39 is 10.7 Å². The zero-order valence-electron chi connectivity index (χ0n) is 13.9. The molecule has 2 aliphatic carbocycles. The van der Waals surface area contributed by atoms with Crippen molar-refractivity contribution >= 4 is 23.2 Å². The lowest BCUT2D eigenvalue weighted by Crippen LogP contribution is -2.41. The van der Waals surface area contributed by atoms with Crippen molar-refractivity contribution < 1.29 is 4.79 Å². The number of aromatic nitrogens is 2. The normalized spacial score (nSPS) is 23.7. The van der Waals surface area contributed by atoms with E-state index in [2.05, 4.69) is 32.2 Å². The van der Waals surface area contributed by atoms with Gasteiger partial charge in [-0.05, 0) is 24.8 Å². The zero-order chi connectivity index (χ0) is 18.4. The van der Waals surface area contributed by atoms with Crippen LogP contribution in [0.5, 0.6) is 0 Å². The molecule has 1 fully saturated rings. The lowest BCUT2D eigenvalue weighted by molar-refractivity contribution is -0.122. The fraction of sp³-hybridized carbons (Fsp3) is 0.389. The minimum absolute atomic E-state index is 0.103. The number of carbonyl (C=O) groups excluding carboxylic acids is 1. The highest BCUT2D eigenvalue weighted by atomic mass is 32.2. The van der Waals surface area contributed by atoms with E-state index in [9.17, 15) is 14.6 Å². The third kappa shape index (κ3) is 3.78. The highest BCUT2D eigenvalue weighted by molar-refractivity contribution is 8.01. The van der Waals surface area contributed by atoms with Crippen LogP contribution in [0.4, 0.5) is 0 Å². The fourth-order valence-corrected chi connectivity index (χ4v) is 4.16. The SMILES string of the molecule is O=NCC1C#CC/C=C(c2cncnc2SC2(C(=O)N=O)CCC2)\C=C/1. The first-order chi connectivity index (χ1) is 12.7. The molecule has 1 unspecified atom stereocenters. The molecule has 1 atom stereocenters. The van der Waals surface area contributed by atoms with Crippen LogP contribution in [0.15, 0.2) is 46.1 Å². The molecule has 8 heteroatoms. The molecule has 1 saturated carbocycles. The fourth-order valence-electron chi connectivity index (χ4n) is 2.80. The van der Waals surface area contributed by atoms with Gasteiger partial charge < -0.3 is 0 Å². The van der Waals surface area contributed by atoms with Crippen LogP contribution >= 0.6 is 11.8 Å². The lowest BCUT2D eigenvalue weighted by Gasteiger charge is -2.36. The number of amides is 1. The molecular formula is C18H16N4O3S. The Bertz CT molecular complexity index is 849. The van der Waals surface area contributed by atoms with Crippen molar-refractivity contribution in [1.29, 1.82) is 0 Å². The number of nitroso groups, excluding NO2 is 2. The summed E-state index contributed by atoms with van der Waals surface area (Å²) >= 11 is 1.28. The summed E-state index contributed by atoms with van der Waals surface area (Å²) in [5, 5.41) is 6.18. The minimum Gasteiger partial charge on any atom is -0.267 e. The van der Waals surface area contributed by atoms with Crippen molar-refractivity contribution in [3.8, 4) is 11.8 Å². The molecule has 0 aliphatic heterocycles. The molecular weight excluding hydrogens is 352 g/mol. The Hall–Kier alpha value is -2.66. The minimum atomic E-state index is -0.819. The molecule has 0 aromatic carbocycles. The van der Waals surface area contributed by atoms with E-state index in [1.807, 2.05) is 18.2 Å². The van der Waals surface area contributed by atoms with Gasteiger partial charge in [-0.15, -0.1) is 4.91 Å². The summed E-state index contributed by atoms with van der Waals surface area (Å²) in [5.74, 6) is 5.13. The second-order valence-corrected chi connectivity index (χ2v) is 7.42. The molecule has 7 nitrogen and oxygen atoms in total. The van der Waals surface area contributed by atoms with E-state index in [0.29, 0.717) is 24.3 Å². The number of rotatable bonds is 6. The van der Waals surface area contributed by atoms with Gasteiger partial charge in [-0.25, -0.2) is 9.97 Å². The average molecular weight is 368 g/mol. The van der Waals surface area contributed by atoms with Crippen LogP contribution in [0, 0.1) is 27.6 Å². The summed E-state index contributed by atoms with van der Waals surface area (Å²) in [6.45, 7) is 0.103. The van der Waals surface area contributed by atoms with E-state index in [0.717, 1.165) is 17.6 Å². The van der Waals surface area contributed by atoms with Crippen LogP contribution in [0.3, 0.4) is 0 Å². The molecule has 1 heterocycles. The summed E-state index contributed by atoms with van der Waals surface area (Å²) in [5.41, 5.74) is 1.62. The second kappa shape index (κ2) is 8.15. The maximum absolute atomic E-state index is 12.0. The van der Waals surface area contributed by atoms with E-state index >= 15 is 0 Å². The largest absolute Gasteiger partial charge is 0.302 e. The topological polar surface area (TPSA) is 102 Å². The van der Waals surface area contributed by atoms with Crippen LogP contribution in [-0.4, -0.2) is 27.2 Å². The third-order valence-corrected chi connectivity index (χ3v) is 5.90. The Kier molecular flexibility index (Phi) is 5.68. The van der Waals surface area contributed by atoms with Crippen molar-refractivity contribution in [3.63, 3.8) is 0 Å². The monoisotopic (exact) mass is 368 g/mol. The average Bonchev–Trinajstić information content (AvgIpc) is 2.61. The molecule has 26 heavy (non-hydrogen) atoms. The summed E-state index contributed by atoms with van der Waals surface area (Å²) < 4.78 is -0.819. The van der Waals surface area contributed by atoms with Crippen molar-refractivity contribution in [2.75, 3.05) is 6.54 Å². The van der Waals surface area contributed by atoms with E-state index in [-0.39, 0.29) is 12.5 Å². The number of nitrogens with zero attached hydrogens (tertiary/aromatic N) is 4. The van der Waals surface area contributed by atoms with Crippen molar-refractivity contribution in [2.24, 2.45) is 16.3 Å². The molecule has 1 amide bonds. The first-order valence-corrected chi connectivity index (χ1v) is 9.03. The summed E-state index contributed by atoms with van der Waals surface area (Å²) in [7, 11) is 0. The van der Waals surface area contributed by atoms with Crippen LogP contribution < -0.4 is 0 Å². The van der Waals surface area contributed by atoms with E-state index in [1.54, 1.807) is 6.20 Å². The van der Waals surface area contributed by atoms with Gasteiger partial charge in [0, 0.05) is 23.4 Å². The molecule has 1 aromatic heterocycles. The van der Waals surface area contributed by atoms with Gasteiger partial charge in [-0.1, -0.05) is 47.0 Å². The van der Waals surface area contributed by atoms with E-state index in [1.165, 1.54) is 18.1 Å². The van der Waals surface area contributed by atoms with Crippen LogP contribution in [0.25, 0.3) is 5.57 Å². The van der Waals surface area contributed by atoms with Gasteiger partial charge in [0.1, 0.15) is 16.1 Å². The summed E-state index contributed by atoms with van der Waals surface area (Å²) in [4.78, 5) is 41.7. The number of allylic oxidation sites excluding steroid dienone is 3. The Morgan fingerprint density at radius 3 is 2.92 bits per heavy atom. The van der Waals surface area contributed by atoms with Crippen molar-refractivity contribution in [3.05, 3.63) is 46.1 Å². The molecule has 0 spiro atoms. The highest BCUT2D eigenvalue weighted by Crippen LogP contribution is 2.49. The first-order valence-electron chi connectivity index (χ1n) is 8.21. The smallest absolute Gasteiger partial charge is 0.267 e. The molecule has 0 radical (unpaired) electrons. The van der Waals surface area contributed by atoms with Gasteiger partial charge in [0.15, 0.2) is 0 Å². The zero-order valence-corrected chi connectivity index (χ0v) is 14.7. The molecule has 0 saturated heterocycles. The molecule has 132 valence electrons. The van der Waals surface area contributed by atoms with Crippen molar-refractivity contribution in [2.45, 2.75) is 35.5 Å². The van der Waals surface area contributed by atoms with Gasteiger partial charge in [-0.2, -0.15) is 4.91 Å². The second-order valence-electron chi connectivity index (χ2n) is 6.05. The van der Waals surface area contributed by atoms with Gasteiger partial charge in [0.25, 0.3) is 0 Å². The van der Waals surface area contributed by atoms with Gasteiger partial charge in [0.05, 0.1) is 12.5 Å².